The molecule has 0 heterocycles. The van der Waals surface area contributed by atoms with Gasteiger partial charge in [-0.15, -0.1) is 0 Å². The molecule has 0 aliphatic heterocycles. The molecule has 0 atom stereocenters. The van der Waals surface area contributed by atoms with E-state index in [4.69, 9.17) is 10.5 Å². The molecule has 1 aromatic carbocycles. The van der Waals surface area contributed by atoms with Crippen LogP contribution in [0.1, 0.15) is 21.5 Å². The summed E-state index contributed by atoms with van der Waals surface area (Å²) in [5.41, 5.74) is 7.96. The highest BCUT2D eigenvalue weighted by Crippen LogP contribution is 2.24. The van der Waals surface area contributed by atoms with Crippen LogP contribution in [0.5, 0.6) is 5.75 Å². The van der Waals surface area contributed by atoms with Gasteiger partial charge in [-0.1, -0.05) is 6.07 Å². The van der Waals surface area contributed by atoms with Crippen molar-refractivity contribution in [1.82, 2.24) is 0 Å². The summed E-state index contributed by atoms with van der Waals surface area (Å²) in [7, 11) is 1.55. The minimum atomic E-state index is -0.0805. The molecule has 1 aromatic rings. The summed E-state index contributed by atoms with van der Waals surface area (Å²) in [5, 5.41) is 0. The fourth-order valence-electron chi connectivity index (χ4n) is 1.41. The Balaban J connectivity index is 3.35. The summed E-state index contributed by atoms with van der Waals surface area (Å²) in [6, 6.07) is 3.73. The maximum Gasteiger partial charge on any atom is 0.180 e. The highest BCUT2D eigenvalue weighted by molar-refractivity contribution is 6.01. The number of benzene rings is 1. The molecule has 0 aromatic heterocycles. The Morgan fingerprint density at radius 1 is 1.43 bits per heavy atom. The van der Waals surface area contributed by atoms with Gasteiger partial charge in [-0.25, -0.2) is 0 Å². The first-order valence-electron chi connectivity index (χ1n) is 4.49. The second-order valence-corrected chi connectivity index (χ2v) is 3.21. The Hall–Kier alpha value is -1.35. The number of methoxy groups -OCH3 is 1. The Labute approximate surface area is 83.9 Å². The molecule has 0 aliphatic carbocycles. The Kier molecular flexibility index (Phi) is 3.25. The average molecular weight is 193 g/mol. The molecule has 1 rings (SSSR count). The van der Waals surface area contributed by atoms with Crippen molar-refractivity contribution < 1.29 is 9.53 Å². The van der Waals surface area contributed by atoms with Gasteiger partial charge in [0, 0.05) is 0 Å². The van der Waals surface area contributed by atoms with Crippen LogP contribution in [0, 0.1) is 13.8 Å². The lowest BCUT2D eigenvalue weighted by molar-refractivity contribution is 0.0998. The van der Waals surface area contributed by atoms with Gasteiger partial charge in [0.2, 0.25) is 0 Å². The van der Waals surface area contributed by atoms with Gasteiger partial charge in [0.05, 0.1) is 19.2 Å². The number of ether oxygens (including phenoxy) is 1. The molecule has 3 heteroatoms. The summed E-state index contributed by atoms with van der Waals surface area (Å²) in [4.78, 5) is 11.6. The van der Waals surface area contributed by atoms with Gasteiger partial charge >= 0.3 is 0 Å². The first-order chi connectivity index (χ1) is 6.61. The van der Waals surface area contributed by atoms with E-state index in [1.54, 1.807) is 13.2 Å². The van der Waals surface area contributed by atoms with Crippen LogP contribution in [0.2, 0.25) is 0 Å². The van der Waals surface area contributed by atoms with Gasteiger partial charge in [0.15, 0.2) is 5.78 Å². The van der Waals surface area contributed by atoms with E-state index in [0.29, 0.717) is 11.3 Å². The molecule has 2 N–H and O–H groups in total. The van der Waals surface area contributed by atoms with Gasteiger partial charge in [-0.05, 0) is 31.0 Å². The molecule has 0 radical (unpaired) electrons. The quantitative estimate of drug-likeness (QED) is 0.739. The van der Waals surface area contributed by atoms with Crippen LogP contribution >= 0.6 is 0 Å². The molecule has 76 valence electrons. The van der Waals surface area contributed by atoms with Crippen LogP contribution in [0.4, 0.5) is 0 Å². The maximum atomic E-state index is 11.6. The third-order valence-corrected chi connectivity index (χ3v) is 2.38. The standard InChI is InChI=1S/C11H15NO2/c1-7-4-5-10(14-3)11(8(7)2)9(13)6-12/h4-5H,6,12H2,1-3H3. The maximum absolute atomic E-state index is 11.6. The van der Waals surface area contributed by atoms with Gasteiger partial charge < -0.3 is 10.5 Å². The van der Waals surface area contributed by atoms with Gasteiger partial charge in [0.25, 0.3) is 0 Å². The monoisotopic (exact) mass is 193 g/mol. The van der Waals surface area contributed by atoms with Crippen LogP contribution in [-0.4, -0.2) is 19.4 Å². The van der Waals surface area contributed by atoms with Gasteiger partial charge in [-0.3, -0.25) is 4.79 Å². The minimum absolute atomic E-state index is 0.0145. The Bertz CT molecular complexity index is 359. The number of hydrogen-bond acceptors (Lipinski definition) is 3. The van der Waals surface area contributed by atoms with Crippen molar-refractivity contribution in [1.29, 1.82) is 0 Å². The lowest BCUT2D eigenvalue weighted by Crippen LogP contribution is -2.16. The number of nitrogens with two attached hydrogens (primary N) is 1. The van der Waals surface area contributed by atoms with Crippen LogP contribution in [0.25, 0.3) is 0 Å². The number of carbonyl (C=O) groups is 1. The third kappa shape index (κ3) is 1.77. The molecule has 0 unspecified atom stereocenters. The van der Waals surface area contributed by atoms with Crippen molar-refractivity contribution in [3.63, 3.8) is 0 Å². The lowest BCUT2D eigenvalue weighted by Gasteiger charge is -2.11. The topological polar surface area (TPSA) is 52.3 Å². The van der Waals surface area contributed by atoms with Crippen molar-refractivity contribution in [2.45, 2.75) is 13.8 Å². The zero-order chi connectivity index (χ0) is 10.7. The molecular weight excluding hydrogens is 178 g/mol. The van der Waals surface area contributed by atoms with Crippen molar-refractivity contribution in [2.75, 3.05) is 13.7 Å². The van der Waals surface area contributed by atoms with E-state index in [2.05, 4.69) is 0 Å². The second-order valence-electron chi connectivity index (χ2n) is 3.21. The number of carbonyl (C=O) groups excluding carboxylic acids is 1. The molecule has 0 spiro atoms. The Morgan fingerprint density at radius 3 is 2.57 bits per heavy atom. The van der Waals surface area contributed by atoms with Gasteiger partial charge in [-0.2, -0.15) is 0 Å². The van der Waals surface area contributed by atoms with Crippen molar-refractivity contribution in [3.8, 4) is 5.75 Å². The van der Waals surface area contributed by atoms with E-state index in [0.717, 1.165) is 11.1 Å². The summed E-state index contributed by atoms with van der Waals surface area (Å²) >= 11 is 0. The van der Waals surface area contributed by atoms with Crippen LogP contribution in [-0.2, 0) is 0 Å². The summed E-state index contributed by atoms with van der Waals surface area (Å²) in [6.45, 7) is 3.88. The van der Waals surface area contributed by atoms with E-state index >= 15 is 0 Å². The van der Waals surface area contributed by atoms with Crippen molar-refractivity contribution in [3.05, 3.63) is 28.8 Å². The minimum Gasteiger partial charge on any atom is -0.496 e. The second kappa shape index (κ2) is 4.24. The normalized spacial score (nSPS) is 10.0. The average Bonchev–Trinajstić information content (AvgIpc) is 2.20. The summed E-state index contributed by atoms with van der Waals surface area (Å²) < 4.78 is 5.13. The first kappa shape index (κ1) is 10.7. The molecule has 0 fully saturated rings. The number of ketones is 1. The fraction of sp³-hybridized carbons (Fsp3) is 0.364. The highest BCUT2D eigenvalue weighted by atomic mass is 16.5. The molecule has 0 bridgehead atoms. The predicted octanol–water partition coefficient (Wildman–Crippen LogP) is 1.45. The molecule has 0 aliphatic rings. The highest BCUT2D eigenvalue weighted by Gasteiger charge is 2.14. The molecule has 0 amide bonds. The van der Waals surface area contributed by atoms with E-state index in [1.165, 1.54) is 0 Å². The van der Waals surface area contributed by atoms with E-state index in [1.807, 2.05) is 19.9 Å². The van der Waals surface area contributed by atoms with E-state index in [9.17, 15) is 4.79 Å². The molecular formula is C11H15NO2. The SMILES string of the molecule is COc1ccc(C)c(C)c1C(=O)CN. The molecule has 0 saturated carbocycles. The van der Waals surface area contributed by atoms with Gasteiger partial charge in [0.1, 0.15) is 5.75 Å². The summed E-state index contributed by atoms with van der Waals surface area (Å²) in [5.74, 6) is 0.520. The number of aryl methyl sites for hydroxylation is 1. The number of hydrogen-bond donors (Lipinski definition) is 1. The molecule has 0 saturated heterocycles. The number of Topliss-reactive ketones (excluding diaryl/α,β-unsaturated/α-hetero) is 1. The van der Waals surface area contributed by atoms with E-state index < -0.39 is 0 Å². The lowest BCUT2D eigenvalue weighted by atomic mass is 9.99. The van der Waals surface area contributed by atoms with Crippen molar-refractivity contribution >= 4 is 5.78 Å². The van der Waals surface area contributed by atoms with Crippen molar-refractivity contribution in [2.24, 2.45) is 5.73 Å². The zero-order valence-electron chi connectivity index (χ0n) is 8.76. The first-order valence-corrected chi connectivity index (χ1v) is 4.49. The third-order valence-electron chi connectivity index (χ3n) is 2.38. The van der Waals surface area contributed by atoms with E-state index in [-0.39, 0.29) is 12.3 Å². The van der Waals surface area contributed by atoms with Crippen LogP contribution in [0.3, 0.4) is 0 Å². The largest absolute Gasteiger partial charge is 0.496 e. The zero-order valence-corrected chi connectivity index (χ0v) is 8.76. The number of rotatable bonds is 3. The Morgan fingerprint density at radius 2 is 2.07 bits per heavy atom. The molecule has 14 heavy (non-hydrogen) atoms. The predicted molar refractivity (Wildman–Crippen MR) is 55.9 cm³/mol. The molecule has 3 nitrogen and oxygen atoms in total. The van der Waals surface area contributed by atoms with Crippen LogP contribution in [0.15, 0.2) is 12.1 Å². The fourth-order valence-corrected chi connectivity index (χ4v) is 1.41. The van der Waals surface area contributed by atoms with Crippen LogP contribution < -0.4 is 10.5 Å². The summed E-state index contributed by atoms with van der Waals surface area (Å²) in [6.07, 6.45) is 0. The smallest absolute Gasteiger partial charge is 0.180 e.